The Hall–Kier alpha value is -2.60. The molecule has 1 heterocycles. The maximum Gasteiger partial charge on any atom is 0.309 e. The molecule has 5 nitrogen and oxygen atoms in total. The van der Waals surface area contributed by atoms with E-state index < -0.39 is 10.0 Å². The molecule has 0 radical (unpaired) electrons. The van der Waals surface area contributed by atoms with Crippen molar-refractivity contribution < 1.29 is 17.9 Å². The molecule has 0 N–H and O–H groups in total. The average molecular weight is 343 g/mol. The van der Waals surface area contributed by atoms with Crippen LogP contribution in [0.4, 0.5) is 0 Å². The lowest BCUT2D eigenvalue weighted by atomic mass is 10.0. The maximum absolute atomic E-state index is 12.0. The molecule has 0 bridgehead atoms. The number of aromatic nitrogens is 1. The van der Waals surface area contributed by atoms with Gasteiger partial charge in [-0.2, -0.15) is 0 Å². The number of carbonyl (C=O) groups is 1. The third kappa shape index (κ3) is 3.05. The topological polar surface area (TPSA) is 65.4 Å². The summed E-state index contributed by atoms with van der Waals surface area (Å²) in [7, 11) is -2.05. The van der Waals surface area contributed by atoms with Crippen molar-refractivity contribution in [3.8, 4) is 11.1 Å². The van der Waals surface area contributed by atoms with Crippen LogP contribution in [-0.4, -0.2) is 31.7 Å². The molecule has 3 aromatic rings. The van der Waals surface area contributed by atoms with Crippen LogP contribution in [0.2, 0.25) is 0 Å². The lowest BCUT2D eigenvalue weighted by molar-refractivity contribution is -0.139. The summed E-state index contributed by atoms with van der Waals surface area (Å²) in [5.74, 6) is -0.314. The number of carbonyl (C=O) groups excluding carboxylic acids is 1. The van der Waals surface area contributed by atoms with Crippen LogP contribution in [0.15, 0.2) is 54.7 Å². The van der Waals surface area contributed by atoms with Crippen molar-refractivity contribution in [3.05, 3.63) is 60.3 Å². The van der Waals surface area contributed by atoms with E-state index in [0.29, 0.717) is 5.52 Å². The van der Waals surface area contributed by atoms with E-state index in [0.717, 1.165) is 22.1 Å². The van der Waals surface area contributed by atoms with Gasteiger partial charge in [-0.15, -0.1) is 0 Å². The van der Waals surface area contributed by atoms with Gasteiger partial charge < -0.3 is 4.74 Å². The summed E-state index contributed by atoms with van der Waals surface area (Å²) in [5.41, 5.74) is 3.11. The minimum Gasteiger partial charge on any atom is -0.469 e. The van der Waals surface area contributed by atoms with Gasteiger partial charge in [-0.3, -0.25) is 4.79 Å². The molecule has 1 aromatic heterocycles. The lowest BCUT2D eigenvalue weighted by Gasteiger charge is -2.04. The van der Waals surface area contributed by atoms with Crippen LogP contribution in [0.5, 0.6) is 0 Å². The molecule has 124 valence electrons. The molecule has 0 spiro atoms. The smallest absolute Gasteiger partial charge is 0.309 e. The van der Waals surface area contributed by atoms with Crippen LogP contribution < -0.4 is 0 Å². The summed E-state index contributed by atoms with van der Waals surface area (Å²) in [6.07, 6.45) is 2.98. The molecule has 24 heavy (non-hydrogen) atoms. The highest BCUT2D eigenvalue weighted by molar-refractivity contribution is 7.89. The first-order valence-electron chi connectivity index (χ1n) is 7.37. The van der Waals surface area contributed by atoms with Crippen molar-refractivity contribution in [3.63, 3.8) is 0 Å². The molecule has 0 saturated heterocycles. The van der Waals surface area contributed by atoms with Gasteiger partial charge in [0.2, 0.25) is 10.0 Å². The maximum atomic E-state index is 12.0. The average Bonchev–Trinajstić information content (AvgIpc) is 2.95. The second-order valence-electron chi connectivity index (χ2n) is 5.57. The predicted octanol–water partition coefficient (Wildman–Crippen LogP) is 2.83. The summed E-state index contributed by atoms with van der Waals surface area (Å²) in [4.78, 5) is 11.5. The Morgan fingerprint density at radius 2 is 1.88 bits per heavy atom. The van der Waals surface area contributed by atoms with Crippen molar-refractivity contribution in [1.82, 2.24) is 3.97 Å². The normalized spacial score (nSPS) is 11.6. The fourth-order valence-corrected chi connectivity index (χ4v) is 3.56. The van der Waals surface area contributed by atoms with Crippen LogP contribution in [0.3, 0.4) is 0 Å². The van der Waals surface area contributed by atoms with E-state index in [1.807, 2.05) is 42.5 Å². The van der Waals surface area contributed by atoms with Crippen LogP contribution in [0, 0.1) is 0 Å². The molecule has 0 aliphatic rings. The van der Waals surface area contributed by atoms with Gasteiger partial charge in [0.05, 0.1) is 25.3 Å². The summed E-state index contributed by atoms with van der Waals surface area (Å²) in [5, 5.41) is 0.846. The van der Waals surface area contributed by atoms with Crippen molar-refractivity contribution in [2.45, 2.75) is 6.42 Å². The third-order valence-electron chi connectivity index (χ3n) is 3.85. The first kappa shape index (κ1) is 16.3. The third-order valence-corrected chi connectivity index (χ3v) is 4.87. The van der Waals surface area contributed by atoms with Crippen LogP contribution in [-0.2, 0) is 26.0 Å². The number of benzene rings is 2. The number of hydrogen-bond acceptors (Lipinski definition) is 4. The second kappa shape index (κ2) is 6.13. The molecule has 3 rings (SSSR count). The number of nitrogens with zero attached hydrogens (tertiary/aromatic N) is 1. The van der Waals surface area contributed by atoms with Crippen LogP contribution in [0.1, 0.15) is 5.56 Å². The number of methoxy groups -OCH3 is 1. The molecular formula is C18H17NO4S. The fraction of sp³-hybridized carbons (Fsp3) is 0.167. The highest BCUT2D eigenvalue weighted by Gasteiger charge is 2.16. The first-order valence-corrected chi connectivity index (χ1v) is 9.22. The number of hydrogen-bond donors (Lipinski definition) is 0. The summed E-state index contributed by atoms with van der Waals surface area (Å²) in [6.45, 7) is 0. The van der Waals surface area contributed by atoms with Gasteiger partial charge in [0.1, 0.15) is 0 Å². The standard InChI is InChI=1S/C18H17NO4S/c1-23-18(20)11-13-6-5-7-14(10-13)16-12-19(24(2,21)22)17-9-4-3-8-15(16)17/h3-10,12H,11H2,1-2H3. The number of ether oxygens (including phenoxy) is 1. The van der Waals surface area contributed by atoms with Crippen LogP contribution >= 0.6 is 0 Å². The minimum atomic E-state index is -3.41. The van der Waals surface area contributed by atoms with E-state index in [4.69, 9.17) is 4.74 Å². The molecule has 6 heteroatoms. The lowest BCUT2D eigenvalue weighted by Crippen LogP contribution is -2.07. The molecule has 0 amide bonds. The quantitative estimate of drug-likeness (QED) is 0.683. The van der Waals surface area contributed by atoms with Crippen molar-refractivity contribution in [2.75, 3.05) is 13.4 Å². The highest BCUT2D eigenvalue weighted by atomic mass is 32.2. The molecule has 0 unspecified atom stereocenters. The van der Waals surface area contributed by atoms with E-state index in [2.05, 4.69) is 0 Å². The number of esters is 1. The van der Waals surface area contributed by atoms with Gasteiger partial charge in [-0.1, -0.05) is 42.5 Å². The SMILES string of the molecule is COC(=O)Cc1cccc(-c2cn(S(C)(=O)=O)c3ccccc23)c1. The predicted molar refractivity (Wildman–Crippen MR) is 93.3 cm³/mol. The van der Waals surface area contributed by atoms with Gasteiger partial charge in [-0.05, 0) is 17.2 Å². The van der Waals surface area contributed by atoms with Crippen molar-refractivity contribution in [2.24, 2.45) is 0 Å². The Kier molecular flexibility index (Phi) is 4.15. The van der Waals surface area contributed by atoms with Gasteiger partial charge in [0.25, 0.3) is 0 Å². The van der Waals surface area contributed by atoms with E-state index in [9.17, 15) is 13.2 Å². The largest absolute Gasteiger partial charge is 0.469 e. The van der Waals surface area contributed by atoms with Gasteiger partial charge in [0.15, 0.2) is 0 Å². The number of fused-ring (bicyclic) bond motifs is 1. The summed E-state index contributed by atoms with van der Waals surface area (Å²) >= 11 is 0. The monoisotopic (exact) mass is 343 g/mol. The number of rotatable bonds is 4. The highest BCUT2D eigenvalue weighted by Crippen LogP contribution is 2.32. The van der Waals surface area contributed by atoms with Gasteiger partial charge in [-0.25, -0.2) is 12.4 Å². The summed E-state index contributed by atoms with van der Waals surface area (Å²) < 4.78 is 30.1. The Labute approximate surface area is 140 Å². The fourth-order valence-electron chi connectivity index (χ4n) is 2.74. The number of para-hydroxylation sites is 1. The molecule has 0 fully saturated rings. The summed E-state index contributed by atoms with van der Waals surface area (Å²) in [6, 6.07) is 14.8. The van der Waals surface area contributed by atoms with Gasteiger partial charge >= 0.3 is 5.97 Å². The molecule has 0 aliphatic carbocycles. The van der Waals surface area contributed by atoms with Gasteiger partial charge in [0, 0.05) is 17.1 Å². The second-order valence-corrected chi connectivity index (χ2v) is 7.43. The minimum absolute atomic E-state index is 0.176. The van der Waals surface area contributed by atoms with Crippen LogP contribution in [0.25, 0.3) is 22.0 Å². The molecule has 0 aliphatic heterocycles. The Morgan fingerprint density at radius 3 is 2.58 bits per heavy atom. The van der Waals surface area contributed by atoms with Crippen molar-refractivity contribution in [1.29, 1.82) is 0 Å². The Bertz CT molecular complexity index is 1020. The molecular weight excluding hydrogens is 326 g/mol. The zero-order valence-corrected chi connectivity index (χ0v) is 14.2. The van der Waals surface area contributed by atoms with E-state index >= 15 is 0 Å². The zero-order chi connectivity index (χ0) is 17.3. The zero-order valence-electron chi connectivity index (χ0n) is 13.4. The van der Waals surface area contributed by atoms with Crippen molar-refractivity contribution >= 4 is 26.9 Å². The molecule has 0 saturated carbocycles. The van der Waals surface area contributed by atoms with E-state index in [1.54, 1.807) is 12.3 Å². The first-order chi connectivity index (χ1) is 11.4. The van der Waals surface area contributed by atoms with E-state index in [1.165, 1.54) is 17.3 Å². The Morgan fingerprint density at radius 1 is 1.12 bits per heavy atom. The molecule has 0 atom stereocenters. The van der Waals surface area contributed by atoms with E-state index in [-0.39, 0.29) is 12.4 Å². The Balaban J connectivity index is 2.17. The molecule has 2 aromatic carbocycles.